The highest BCUT2D eigenvalue weighted by Crippen LogP contribution is 2.25. The maximum atomic E-state index is 12.9. The third-order valence-electron chi connectivity index (χ3n) is 3.58. The maximum Gasteiger partial charge on any atom is 0.410 e. The number of hydrogen-bond acceptors (Lipinski definition) is 2. The molecule has 0 bridgehead atoms. The van der Waals surface area contributed by atoms with Crippen LogP contribution in [0.5, 0.6) is 0 Å². The number of ketones is 2. The Balaban J connectivity index is 2.57. The Kier molecular flexibility index (Phi) is 5.02. The monoisotopic (exact) mass is 332 g/mol. The first-order valence-electron chi connectivity index (χ1n) is 7.21. The fourth-order valence-electron chi connectivity index (χ4n) is 2.34. The van der Waals surface area contributed by atoms with E-state index in [1.807, 2.05) is 0 Å². The first-order valence-corrected chi connectivity index (χ1v) is 7.21. The van der Waals surface area contributed by atoms with Crippen molar-refractivity contribution in [1.82, 2.24) is 0 Å². The molecule has 0 heterocycles. The molecule has 0 saturated heterocycles. The largest absolute Gasteiger partial charge is 0.410 e. The number of carbonyl (C=O) groups excluding carboxylic acids is 2. The fraction of sp³-hybridized carbons (Fsp3) is 0.158. The van der Waals surface area contributed by atoms with Gasteiger partial charge in [-0.05, 0) is 25.0 Å². The number of halogens is 3. The molecular formula is C19H15F3O2. The lowest BCUT2D eigenvalue weighted by molar-refractivity contribution is -0.0803. The van der Waals surface area contributed by atoms with Crippen LogP contribution >= 0.6 is 0 Å². The molecule has 0 aliphatic heterocycles. The Bertz CT molecular complexity index is 758. The second kappa shape index (κ2) is 6.83. The van der Waals surface area contributed by atoms with Gasteiger partial charge in [0, 0.05) is 17.2 Å². The lowest BCUT2D eigenvalue weighted by Gasteiger charge is -2.11. The van der Waals surface area contributed by atoms with Crippen LogP contribution in [0.4, 0.5) is 13.2 Å². The summed E-state index contributed by atoms with van der Waals surface area (Å²) in [5.41, 5.74) is 0.289. The third kappa shape index (κ3) is 3.98. The summed E-state index contributed by atoms with van der Waals surface area (Å²) in [5, 5.41) is 0. The van der Waals surface area contributed by atoms with Crippen LogP contribution in [0.25, 0.3) is 0 Å². The molecule has 0 aromatic heterocycles. The quantitative estimate of drug-likeness (QED) is 0.347. The molecule has 0 amide bonds. The molecule has 24 heavy (non-hydrogen) atoms. The van der Waals surface area contributed by atoms with Gasteiger partial charge in [-0.1, -0.05) is 48.5 Å². The van der Waals surface area contributed by atoms with Gasteiger partial charge in [0.1, 0.15) is 0 Å². The summed E-state index contributed by atoms with van der Waals surface area (Å²) in [6.07, 6.45) is -4.98. The summed E-state index contributed by atoms with van der Waals surface area (Å²) >= 11 is 0. The van der Waals surface area contributed by atoms with E-state index < -0.39 is 23.3 Å². The van der Waals surface area contributed by atoms with Crippen molar-refractivity contribution in [3.8, 4) is 0 Å². The Morgan fingerprint density at radius 3 is 1.50 bits per heavy atom. The van der Waals surface area contributed by atoms with Crippen LogP contribution in [-0.4, -0.2) is 17.7 Å². The zero-order valence-electron chi connectivity index (χ0n) is 13.1. The molecular weight excluding hydrogens is 317 g/mol. The van der Waals surface area contributed by atoms with Gasteiger partial charge in [-0.15, -0.1) is 0 Å². The van der Waals surface area contributed by atoms with Gasteiger partial charge in [-0.3, -0.25) is 9.59 Å². The number of carbonyl (C=O) groups is 2. The maximum absolute atomic E-state index is 12.9. The smallest absolute Gasteiger partial charge is 0.288 e. The number of aryl methyl sites for hydroxylation is 2. The first kappa shape index (κ1) is 17.7. The molecule has 0 saturated carbocycles. The molecule has 0 aliphatic rings. The fourth-order valence-corrected chi connectivity index (χ4v) is 2.34. The molecule has 0 atom stereocenters. The van der Waals surface area contributed by atoms with Crippen molar-refractivity contribution < 1.29 is 22.8 Å². The van der Waals surface area contributed by atoms with Crippen LogP contribution < -0.4 is 0 Å². The average molecular weight is 332 g/mol. The highest BCUT2D eigenvalue weighted by Gasteiger charge is 2.31. The third-order valence-corrected chi connectivity index (χ3v) is 3.58. The van der Waals surface area contributed by atoms with Crippen LogP contribution in [0.1, 0.15) is 31.8 Å². The van der Waals surface area contributed by atoms with E-state index in [1.54, 1.807) is 50.2 Å². The number of allylic oxidation sites excluding steroid dienone is 2. The first-order chi connectivity index (χ1) is 11.2. The van der Waals surface area contributed by atoms with Crippen molar-refractivity contribution in [2.24, 2.45) is 0 Å². The lowest BCUT2D eigenvalue weighted by atomic mass is 9.91. The van der Waals surface area contributed by atoms with Crippen molar-refractivity contribution in [3.63, 3.8) is 0 Å². The number of benzene rings is 2. The highest BCUT2D eigenvalue weighted by atomic mass is 19.4. The summed E-state index contributed by atoms with van der Waals surface area (Å²) < 4.78 is 38.6. The molecule has 0 fully saturated rings. The van der Waals surface area contributed by atoms with Crippen LogP contribution in [0.15, 0.2) is 60.2 Å². The Hall–Kier alpha value is -2.69. The second-order valence-corrected chi connectivity index (χ2v) is 5.39. The molecule has 2 nitrogen and oxygen atoms in total. The van der Waals surface area contributed by atoms with E-state index in [9.17, 15) is 22.8 Å². The van der Waals surface area contributed by atoms with E-state index in [4.69, 9.17) is 0 Å². The number of alkyl halides is 3. The molecule has 0 aliphatic carbocycles. The second-order valence-electron chi connectivity index (χ2n) is 5.39. The Morgan fingerprint density at radius 1 is 0.792 bits per heavy atom. The summed E-state index contributed by atoms with van der Waals surface area (Å²) in [5.74, 6) is -1.86. The zero-order chi connectivity index (χ0) is 17.9. The summed E-state index contributed by atoms with van der Waals surface area (Å²) in [6, 6.07) is 12.5. The van der Waals surface area contributed by atoms with Gasteiger partial charge >= 0.3 is 6.18 Å². The van der Waals surface area contributed by atoms with Gasteiger partial charge in [0.05, 0.1) is 5.57 Å². The van der Waals surface area contributed by atoms with Crippen LogP contribution in [0.2, 0.25) is 0 Å². The van der Waals surface area contributed by atoms with Gasteiger partial charge in [-0.2, -0.15) is 13.2 Å². The molecule has 2 rings (SSSR count). The predicted molar refractivity (Wildman–Crippen MR) is 85.2 cm³/mol. The van der Waals surface area contributed by atoms with Crippen LogP contribution in [0, 0.1) is 13.8 Å². The molecule has 0 N–H and O–H groups in total. The topological polar surface area (TPSA) is 34.1 Å². The molecule has 2 aromatic rings. The van der Waals surface area contributed by atoms with E-state index in [0.29, 0.717) is 11.1 Å². The van der Waals surface area contributed by atoms with Crippen molar-refractivity contribution >= 4 is 11.6 Å². The molecule has 0 radical (unpaired) electrons. The van der Waals surface area contributed by atoms with Gasteiger partial charge in [0.25, 0.3) is 0 Å². The summed E-state index contributed by atoms with van der Waals surface area (Å²) in [4.78, 5) is 25.2. The summed E-state index contributed by atoms with van der Waals surface area (Å²) in [6.45, 7) is 3.22. The lowest BCUT2D eigenvalue weighted by Crippen LogP contribution is -2.19. The SMILES string of the molecule is Cc1ccccc1C(=O)C(=CC(F)(F)F)C(=O)c1ccccc1C. The minimum absolute atomic E-state index is 0.0786. The van der Waals surface area contributed by atoms with E-state index in [0.717, 1.165) is 0 Å². The Labute approximate surface area is 137 Å². The van der Waals surface area contributed by atoms with E-state index in [-0.39, 0.29) is 17.2 Å². The van der Waals surface area contributed by atoms with Crippen molar-refractivity contribution in [2.45, 2.75) is 20.0 Å². The number of Topliss-reactive ketones (excluding diaryl/α,β-unsaturated/α-hetero) is 2. The minimum Gasteiger partial charge on any atom is -0.288 e. The molecule has 0 spiro atoms. The van der Waals surface area contributed by atoms with Gasteiger partial charge in [0.2, 0.25) is 0 Å². The normalized spacial score (nSPS) is 11.0. The molecule has 0 unspecified atom stereocenters. The van der Waals surface area contributed by atoms with Crippen molar-refractivity contribution in [3.05, 3.63) is 82.4 Å². The molecule has 124 valence electrons. The predicted octanol–water partition coefficient (Wildman–Crippen LogP) is 4.86. The Morgan fingerprint density at radius 2 is 1.17 bits per heavy atom. The standard InChI is InChI=1S/C19H15F3O2/c1-12-7-3-5-9-14(12)17(23)16(11-19(20,21)22)18(24)15-10-6-4-8-13(15)2/h3-11H,1-2H3. The van der Waals surface area contributed by atoms with Crippen molar-refractivity contribution in [2.75, 3.05) is 0 Å². The number of rotatable bonds is 4. The van der Waals surface area contributed by atoms with Crippen LogP contribution in [-0.2, 0) is 0 Å². The summed E-state index contributed by atoms with van der Waals surface area (Å²) in [7, 11) is 0. The zero-order valence-corrected chi connectivity index (χ0v) is 13.1. The highest BCUT2D eigenvalue weighted by molar-refractivity contribution is 6.31. The average Bonchev–Trinajstić information content (AvgIpc) is 2.51. The van der Waals surface area contributed by atoms with E-state index in [2.05, 4.69) is 0 Å². The van der Waals surface area contributed by atoms with Gasteiger partial charge < -0.3 is 0 Å². The van der Waals surface area contributed by atoms with E-state index in [1.165, 1.54) is 12.1 Å². The van der Waals surface area contributed by atoms with Crippen molar-refractivity contribution in [1.29, 1.82) is 0 Å². The van der Waals surface area contributed by atoms with Crippen LogP contribution in [0.3, 0.4) is 0 Å². The minimum atomic E-state index is -4.77. The van der Waals surface area contributed by atoms with Gasteiger partial charge in [-0.25, -0.2) is 0 Å². The van der Waals surface area contributed by atoms with Gasteiger partial charge in [0.15, 0.2) is 11.6 Å². The number of hydrogen-bond donors (Lipinski definition) is 0. The van der Waals surface area contributed by atoms with E-state index >= 15 is 0 Å². The molecule has 2 aromatic carbocycles. The molecule has 5 heteroatoms.